The summed E-state index contributed by atoms with van der Waals surface area (Å²) in [6.45, 7) is 7.46. The molecule has 1 unspecified atom stereocenters. The molecule has 1 aliphatic rings. The second-order valence-electron chi connectivity index (χ2n) is 6.14. The van der Waals surface area contributed by atoms with E-state index in [9.17, 15) is 4.79 Å². The Labute approximate surface area is 136 Å². The van der Waals surface area contributed by atoms with E-state index in [1.807, 2.05) is 12.1 Å². The number of rotatable bonds is 4. The third-order valence-electron chi connectivity index (χ3n) is 4.34. The number of hydrogen-bond acceptors (Lipinski definition) is 4. The highest BCUT2D eigenvalue weighted by Gasteiger charge is 2.25. The minimum absolute atomic E-state index is 0.0518. The van der Waals surface area contributed by atoms with E-state index in [0.29, 0.717) is 18.2 Å². The first-order chi connectivity index (χ1) is 11.0. The standard InChI is InChI=1S/C18H22N2O3/c1-13-10-16(23-17(13)18(21)22)12-19-8-9-20(14(2)11-19)15-6-4-3-5-7-15/h3-7,10,14H,8-9,11-12H2,1-2H3,(H,21,22). The fraction of sp³-hybridized carbons (Fsp3) is 0.389. The smallest absolute Gasteiger partial charge is 0.372 e. The molecule has 23 heavy (non-hydrogen) atoms. The van der Waals surface area contributed by atoms with Crippen molar-refractivity contribution < 1.29 is 14.3 Å². The highest BCUT2D eigenvalue weighted by molar-refractivity contribution is 5.86. The van der Waals surface area contributed by atoms with Crippen LogP contribution >= 0.6 is 0 Å². The number of hydrogen-bond donors (Lipinski definition) is 1. The van der Waals surface area contributed by atoms with Crippen LogP contribution in [0.15, 0.2) is 40.8 Å². The van der Waals surface area contributed by atoms with Crippen molar-refractivity contribution in [1.82, 2.24) is 4.90 Å². The molecule has 0 amide bonds. The molecule has 1 atom stereocenters. The number of carboxylic acids is 1. The van der Waals surface area contributed by atoms with Crippen LogP contribution in [0.1, 0.15) is 28.8 Å². The summed E-state index contributed by atoms with van der Waals surface area (Å²) in [5.74, 6) is -0.229. The summed E-state index contributed by atoms with van der Waals surface area (Å²) in [5, 5.41) is 9.07. The van der Waals surface area contributed by atoms with Crippen molar-refractivity contribution in [2.45, 2.75) is 26.4 Å². The van der Waals surface area contributed by atoms with Gasteiger partial charge in [0.25, 0.3) is 0 Å². The monoisotopic (exact) mass is 314 g/mol. The zero-order chi connectivity index (χ0) is 16.4. The van der Waals surface area contributed by atoms with Crippen molar-refractivity contribution in [3.05, 3.63) is 53.5 Å². The molecule has 122 valence electrons. The van der Waals surface area contributed by atoms with Crippen LogP contribution in [0.25, 0.3) is 0 Å². The van der Waals surface area contributed by atoms with Gasteiger partial charge in [-0.25, -0.2) is 4.79 Å². The van der Waals surface area contributed by atoms with Gasteiger partial charge in [-0.3, -0.25) is 4.90 Å². The maximum atomic E-state index is 11.1. The highest BCUT2D eigenvalue weighted by Crippen LogP contribution is 2.22. The average Bonchev–Trinajstić information content (AvgIpc) is 2.89. The number of para-hydroxylation sites is 1. The van der Waals surface area contributed by atoms with Crippen LogP contribution in [0.4, 0.5) is 5.69 Å². The Bertz CT molecular complexity index is 681. The van der Waals surface area contributed by atoms with Gasteiger partial charge in [0.1, 0.15) is 5.76 Å². The number of carbonyl (C=O) groups is 1. The van der Waals surface area contributed by atoms with Crippen LogP contribution in [0.5, 0.6) is 0 Å². The number of furan rings is 1. The van der Waals surface area contributed by atoms with Gasteiger partial charge in [0.05, 0.1) is 6.54 Å². The average molecular weight is 314 g/mol. The molecule has 1 saturated heterocycles. The van der Waals surface area contributed by atoms with Crippen molar-refractivity contribution in [2.75, 3.05) is 24.5 Å². The van der Waals surface area contributed by atoms with E-state index in [1.54, 1.807) is 6.92 Å². The van der Waals surface area contributed by atoms with Crippen molar-refractivity contribution >= 4 is 11.7 Å². The Morgan fingerprint density at radius 1 is 1.30 bits per heavy atom. The number of anilines is 1. The molecule has 2 aromatic rings. The number of benzene rings is 1. The van der Waals surface area contributed by atoms with Gasteiger partial charge in [-0.05, 0) is 32.0 Å². The van der Waals surface area contributed by atoms with Crippen LogP contribution in [0, 0.1) is 6.92 Å². The molecular formula is C18H22N2O3. The molecule has 0 aliphatic carbocycles. The Balaban J connectivity index is 1.64. The fourth-order valence-corrected chi connectivity index (χ4v) is 3.24. The molecule has 0 spiro atoms. The van der Waals surface area contributed by atoms with E-state index in [4.69, 9.17) is 9.52 Å². The molecule has 1 N–H and O–H groups in total. The molecule has 5 nitrogen and oxygen atoms in total. The Hall–Kier alpha value is -2.27. The second-order valence-corrected chi connectivity index (χ2v) is 6.14. The van der Waals surface area contributed by atoms with Crippen molar-refractivity contribution in [1.29, 1.82) is 0 Å². The van der Waals surface area contributed by atoms with E-state index >= 15 is 0 Å². The second kappa shape index (κ2) is 6.46. The van der Waals surface area contributed by atoms with Crippen LogP contribution in [-0.4, -0.2) is 41.7 Å². The first-order valence-corrected chi connectivity index (χ1v) is 7.91. The Morgan fingerprint density at radius 2 is 2.04 bits per heavy atom. The van der Waals surface area contributed by atoms with Crippen molar-refractivity contribution in [2.24, 2.45) is 0 Å². The molecule has 5 heteroatoms. The number of carboxylic acid groups (broad SMARTS) is 1. The lowest BCUT2D eigenvalue weighted by Gasteiger charge is -2.41. The lowest BCUT2D eigenvalue weighted by molar-refractivity contribution is 0.0656. The fourth-order valence-electron chi connectivity index (χ4n) is 3.24. The number of aryl methyl sites for hydroxylation is 1. The molecule has 2 heterocycles. The largest absolute Gasteiger partial charge is 0.475 e. The maximum Gasteiger partial charge on any atom is 0.372 e. The molecule has 0 radical (unpaired) electrons. The predicted molar refractivity (Wildman–Crippen MR) is 88.9 cm³/mol. The molecule has 0 saturated carbocycles. The number of nitrogens with zero attached hydrogens (tertiary/aromatic N) is 2. The lowest BCUT2D eigenvalue weighted by Crippen LogP contribution is -2.51. The normalized spacial score (nSPS) is 19.0. The molecule has 1 aromatic heterocycles. The third kappa shape index (κ3) is 3.40. The van der Waals surface area contributed by atoms with Gasteiger partial charge in [-0.15, -0.1) is 0 Å². The van der Waals surface area contributed by atoms with Crippen molar-refractivity contribution in [3.63, 3.8) is 0 Å². The van der Waals surface area contributed by atoms with Gasteiger partial charge in [0, 0.05) is 36.9 Å². The summed E-state index contributed by atoms with van der Waals surface area (Å²) < 4.78 is 5.47. The SMILES string of the molecule is Cc1cc(CN2CCN(c3ccccc3)C(C)C2)oc1C(=O)O. The summed E-state index contributed by atoms with van der Waals surface area (Å²) in [7, 11) is 0. The minimum Gasteiger partial charge on any atom is -0.475 e. The molecule has 1 aliphatic heterocycles. The van der Waals surface area contributed by atoms with Crippen LogP contribution in [-0.2, 0) is 6.54 Å². The summed E-state index contributed by atoms with van der Waals surface area (Å²) in [4.78, 5) is 15.8. The number of piperazine rings is 1. The highest BCUT2D eigenvalue weighted by atomic mass is 16.4. The van der Waals surface area contributed by atoms with Gasteiger partial charge >= 0.3 is 5.97 Å². The quantitative estimate of drug-likeness (QED) is 0.940. The van der Waals surface area contributed by atoms with Gasteiger partial charge in [0.15, 0.2) is 0 Å². The van der Waals surface area contributed by atoms with Gasteiger partial charge in [-0.2, -0.15) is 0 Å². The van der Waals surface area contributed by atoms with E-state index in [-0.39, 0.29) is 5.76 Å². The summed E-state index contributed by atoms with van der Waals surface area (Å²) in [6.07, 6.45) is 0. The van der Waals surface area contributed by atoms with Crippen LogP contribution in [0.2, 0.25) is 0 Å². The van der Waals surface area contributed by atoms with Crippen LogP contribution < -0.4 is 4.90 Å². The summed E-state index contributed by atoms with van der Waals surface area (Å²) in [6, 6.07) is 12.7. The molecular weight excluding hydrogens is 292 g/mol. The first kappa shape index (κ1) is 15.6. The Kier molecular flexibility index (Phi) is 4.39. The molecule has 1 fully saturated rings. The topological polar surface area (TPSA) is 56.9 Å². The summed E-state index contributed by atoms with van der Waals surface area (Å²) in [5.41, 5.74) is 1.94. The van der Waals surface area contributed by atoms with Gasteiger partial charge in [-0.1, -0.05) is 18.2 Å². The minimum atomic E-state index is -1.00. The summed E-state index contributed by atoms with van der Waals surface area (Å²) >= 11 is 0. The van der Waals surface area contributed by atoms with E-state index in [0.717, 1.165) is 25.4 Å². The molecule has 3 rings (SSSR count). The van der Waals surface area contributed by atoms with Gasteiger partial charge in [0.2, 0.25) is 5.76 Å². The van der Waals surface area contributed by atoms with E-state index < -0.39 is 5.97 Å². The zero-order valence-electron chi connectivity index (χ0n) is 13.5. The van der Waals surface area contributed by atoms with E-state index in [1.165, 1.54) is 5.69 Å². The predicted octanol–water partition coefficient (Wildman–Crippen LogP) is 3.00. The lowest BCUT2D eigenvalue weighted by atomic mass is 10.1. The first-order valence-electron chi connectivity index (χ1n) is 7.91. The van der Waals surface area contributed by atoms with E-state index in [2.05, 4.69) is 41.0 Å². The van der Waals surface area contributed by atoms with Crippen molar-refractivity contribution in [3.8, 4) is 0 Å². The van der Waals surface area contributed by atoms with Crippen LogP contribution in [0.3, 0.4) is 0 Å². The molecule has 0 bridgehead atoms. The number of aromatic carboxylic acids is 1. The maximum absolute atomic E-state index is 11.1. The Morgan fingerprint density at radius 3 is 2.65 bits per heavy atom. The third-order valence-corrected chi connectivity index (χ3v) is 4.34. The van der Waals surface area contributed by atoms with Gasteiger partial charge < -0.3 is 14.4 Å². The zero-order valence-corrected chi connectivity index (χ0v) is 13.5. The molecule has 1 aromatic carbocycles.